The van der Waals surface area contributed by atoms with Gasteiger partial charge in [-0.25, -0.2) is 9.07 Å². The molecule has 0 spiro atoms. The second-order valence-corrected chi connectivity index (χ2v) is 11.3. The number of aliphatic hydroxyl groups excluding tert-OH is 1. The summed E-state index contributed by atoms with van der Waals surface area (Å²) in [7, 11) is 0. The van der Waals surface area contributed by atoms with Crippen molar-refractivity contribution < 1.29 is 23.8 Å². The van der Waals surface area contributed by atoms with Gasteiger partial charge in [0.2, 0.25) is 11.6 Å². The number of carbonyl (C=O) groups excluding carboxylic acids is 2. The molecule has 0 aliphatic carbocycles. The number of ether oxygens (including phenoxy) is 1. The summed E-state index contributed by atoms with van der Waals surface area (Å²) in [5.74, 6) is -1.14. The summed E-state index contributed by atoms with van der Waals surface area (Å²) in [6, 6.07) is 17.0. The summed E-state index contributed by atoms with van der Waals surface area (Å²) < 4.78 is 22.2. The number of fused-ring (bicyclic) bond motifs is 1. The largest absolute Gasteiger partial charge is 0.395 e. The topological polar surface area (TPSA) is 101 Å². The third-order valence-electron chi connectivity index (χ3n) is 8.14. The van der Waals surface area contributed by atoms with Gasteiger partial charge in [-0.3, -0.25) is 19.5 Å². The zero-order chi connectivity index (χ0) is 30.3. The van der Waals surface area contributed by atoms with Gasteiger partial charge in [0.15, 0.2) is 6.86 Å². The molecule has 4 aromatic rings. The molecular weight excluding hydrogens is 596 g/mol. The zero-order valence-corrected chi connectivity index (χ0v) is 24.7. The maximum atomic E-state index is 14.5. The first-order valence-corrected chi connectivity index (χ1v) is 14.5. The first kappa shape index (κ1) is 29.3. The van der Waals surface area contributed by atoms with Crippen LogP contribution in [0.15, 0.2) is 73.1 Å². The predicted molar refractivity (Wildman–Crippen MR) is 157 cm³/mol. The van der Waals surface area contributed by atoms with Gasteiger partial charge < -0.3 is 14.7 Å². The third kappa shape index (κ3) is 4.98. The summed E-state index contributed by atoms with van der Waals surface area (Å²) >= 11 is 12.3. The van der Waals surface area contributed by atoms with Gasteiger partial charge in [0.25, 0.3) is 5.91 Å². The molecule has 0 radical (unpaired) electrons. The van der Waals surface area contributed by atoms with E-state index in [1.54, 1.807) is 76.4 Å². The molecule has 2 amide bonds. The summed E-state index contributed by atoms with van der Waals surface area (Å²) in [5.41, 5.74) is 1.04. The monoisotopic (exact) mass is 623 g/mol. The van der Waals surface area contributed by atoms with E-state index >= 15 is 0 Å². The first-order valence-electron chi connectivity index (χ1n) is 13.7. The number of likely N-dealkylation sites (tertiary alicyclic amines) is 1. The standard InChI is InChI=1S/C31H28Cl2FN5O4/c1-19(41)37-13-12-28(37)39-14-11-27(36-39)26(17-40)24-3-2-4-25-29(24)31(43-18-34,20-5-7-21(32)8-6-20)38(30(25)42)16-23-10-9-22(33)15-35-23/h2-11,14-15,26,28,40H,12-13,16-18H2,1H3/t26?,28?,31-/m1/s1. The molecule has 6 rings (SSSR count). The van der Waals surface area contributed by atoms with Gasteiger partial charge in [-0.05, 0) is 42.0 Å². The molecule has 12 heteroatoms. The fourth-order valence-corrected chi connectivity index (χ4v) is 6.28. The number of hydrogen-bond acceptors (Lipinski definition) is 6. The van der Waals surface area contributed by atoms with E-state index in [0.717, 1.165) is 6.42 Å². The van der Waals surface area contributed by atoms with E-state index in [1.165, 1.54) is 18.0 Å². The molecule has 2 aliphatic rings. The Kier molecular flexibility index (Phi) is 7.95. The quantitative estimate of drug-likeness (QED) is 0.273. The maximum Gasteiger partial charge on any atom is 0.257 e. The zero-order valence-electron chi connectivity index (χ0n) is 23.2. The van der Waals surface area contributed by atoms with Gasteiger partial charge >= 0.3 is 0 Å². The molecule has 4 heterocycles. The molecule has 2 unspecified atom stereocenters. The summed E-state index contributed by atoms with van der Waals surface area (Å²) in [6.07, 6.45) is 3.80. The van der Waals surface area contributed by atoms with Crippen LogP contribution in [0.2, 0.25) is 10.0 Å². The van der Waals surface area contributed by atoms with Crippen molar-refractivity contribution in [2.45, 2.75) is 37.7 Å². The summed E-state index contributed by atoms with van der Waals surface area (Å²) in [5, 5.41) is 16.4. The third-order valence-corrected chi connectivity index (χ3v) is 8.62. The Morgan fingerprint density at radius 2 is 1.91 bits per heavy atom. The maximum absolute atomic E-state index is 14.5. The fourth-order valence-electron chi connectivity index (χ4n) is 6.05. The van der Waals surface area contributed by atoms with Crippen molar-refractivity contribution >= 4 is 35.0 Å². The van der Waals surface area contributed by atoms with Gasteiger partial charge in [-0.1, -0.05) is 47.5 Å². The van der Waals surface area contributed by atoms with E-state index in [9.17, 15) is 19.1 Å². The molecule has 9 nitrogen and oxygen atoms in total. The van der Waals surface area contributed by atoms with Gasteiger partial charge in [0.05, 0.1) is 35.5 Å². The van der Waals surface area contributed by atoms with Crippen molar-refractivity contribution in [2.75, 3.05) is 20.0 Å². The molecule has 1 saturated heterocycles. The number of nitrogens with zero attached hydrogens (tertiary/aromatic N) is 5. The van der Waals surface area contributed by atoms with Crippen LogP contribution in [0.3, 0.4) is 0 Å². The van der Waals surface area contributed by atoms with Crippen LogP contribution >= 0.6 is 23.2 Å². The van der Waals surface area contributed by atoms with Crippen LogP contribution in [0.4, 0.5) is 4.39 Å². The van der Waals surface area contributed by atoms with Crippen LogP contribution in [0.5, 0.6) is 0 Å². The molecule has 0 bridgehead atoms. The van der Waals surface area contributed by atoms with E-state index in [-0.39, 0.29) is 25.2 Å². The Morgan fingerprint density at radius 3 is 2.53 bits per heavy atom. The van der Waals surface area contributed by atoms with E-state index in [2.05, 4.69) is 4.98 Å². The summed E-state index contributed by atoms with van der Waals surface area (Å²) in [6.45, 7) is 0.579. The van der Waals surface area contributed by atoms with Crippen LogP contribution in [-0.4, -0.2) is 61.5 Å². The van der Waals surface area contributed by atoms with E-state index in [4.69, 9.17) is 33.0 Å². The lowest BCUT2D eigenvalue weighted by molar-refractivity contribution is -0.141. The van der Waals surface area contributed by atoms with E-state index in [1.807, 2.05) is 0 Å². The lowest BCUT2D eigenvalue weighted by Crippen LogP contribution is -2.47. The number of rotatable bonds is 9. The number of pyridine rings is 1. The number of aromatic nitrogens is 3. The summed E-state index contributed by atoms with van der Waals surface area (Å²) in [4.78, 5) is 33.7. The van der Waals surface area contributed by atoms with Crippen LogP contribution in [0.1, 0.15) is 63.9 Å². The van der Waals surface area contributed by atoms with Gasteiger partial charge in [0.1, 0.15) is 6.17 Å². The Hall–Kier alpha value is -3.83. The lowest BCUT2D eigenvalue weighted by Gasteiger charge is -2.40. The van der Waals surface area contributed by atoms with E-state index in [0.29, 0.717) is 50.2 Å². The molecule has 1 N–H and O–H groups in total. The molecule has 222 valence electrons. The number of halogens is 3. The van der Waals surface area contributed by atoms with Gasteiger partial charge in [-0.15, -0.1) is 0 Å². The highest BCUT2D eigenvalue weighted by molar-refractivity contribution is 6.30. The number of hydrogen-bond donors (Lipinski definition) is 1. The normalized spacial score (nSPS) is 20.2. The van der Waals surface area contributed by atoms with Crippen molar-refractivity contribution in [3.63, 3.8) is 0 Å². The first-order chi connectivity index (χ1) is 20.8. The molecule has 1 fully saturated rings. The Balaban J connectivity index is 1.51. The highest BCUT2D eigenvalue weighted by atomic mass is 35.5. The SMILES string of the molecule is CC(=O)N1CCC1n1ccc(C(CO)c2cccc3c2[C@](OCF)(c2ccc(Cl)cc2)N(Cc2ccc(Cl)cn2)C3=O)n1. The number of aliphatic hydroxyl groups is 1. The minimum atomic E-state index is -1.72. The number of carbonyl (C=O) groups is 2. The number of amides is 2. The second kappa shape index (κ2) is 11.7. The molecule has 2 aromatic carbocycles. The average Bonchev–Trinajstić information content (AvgIpc) is 3.52. The van der Waals surface area contributed by atoms with Crippen molar-refractivity contribution in [3.8, 4) is 0 Å². The number of alkyl halides is 1. The fraction of sp³-hybridized carbons (Fsp3) is 0.290. The Bertz CT molecular complexity index is 1670. The molecule has 0 saturated carbocycles. The average molecular weight is 625 g/mol. The van der Waals surface area contributed by atoms with Gasteiger partial charge in [0, 0.05) is 54.0 Å². The molecular formula is C31H28Cl2FN5O4. The van der Waals surface area contributed by atoms with Crippen molar-refractivity contribution in [1.82, 2.24) is 24.6 Å². The smallest absolute Gasteiger partial charge is 0.257 e. The second-order valence-electron chi connectivity index (χ2n) is 10.5. The van der Waals surface area contributed by atoms with E-state index < -0.39 is 24.4 Å². The highest BCUT2D eigenvalue weighted by Gasteiger charge is 2.54. The highest BCUT2D eigenvalue weighted by Crippen LogP contribution is 2.50. The Labute approximate surface area is 257 Å². The minimum Gasteiger partial charge on any atom is -0.395 e. The molecule has 2 aliphatic heterocycles. The molecule has 3 atom stereocenters. The van der Waals surface area contributed by atoms with Crippen LogP contribution in [0, 0.1) is 0 Å². The van der Waals surface area contributed by atoms with Crippen molar-refractivity contribution in [2.24, 2.45) is 0 Å². The van der Waals surface area contributed by atoms with Crippen LogP contribution in [0.25, 0.3) is 0 Å². The number of benzene rings is 2. The molecule has 2 aromatic heterocycles. The minimum absolute atomic E-state index is 0.0201. The van der Waals surface area contributed by atoms with Crippen molar-refractivity contribution in [3.05, 3.63) is 117 Å². The van der Waals surface area contributed by atoms with Crippen molar-refractivity contribution in [1.29, 1.82) is 0 Å². The predicted octanol–water partition coefficient (Wildman–Crippen LogP) is 5.26. The van der Waals surface area contributed by atoms with Crippen LogP contribution < -0.4 is 0 Å². The Morgan fingerprint density at radius 1 is 1.14 bits per heavy atom. The van der Waals surface area contributed by atoms with Crippen LogP contribution in [-0.2, 0) is 21.8 Å². The van der Waals surface area contributed by atoms with Gasteiger partial charge in [-0.2, -0.15) is 5.10 Å². The lowest BCUT2D eigenvalue weighted by atomic mass is 9.83. The molecule has 43 heavy (non-hydrogen) atoms.